The van der Waals surface area contributed by atoms with Crippen molar-refractivity contribution in [3.05, 3.63) is 35.6 Å². The van der Waals surface area contributed by atoms with Crippen molar-refractivity contribution in [3.63, 3.8) is 0 Å². The molecule has 0 aromatic heterocycles. The lowest BCUT2D eigenvalue weighted by Crippen LogP contribution is -2.48. The number of nitrogens with one attached hydrogen (secondary N) is 1. The number of hydrogen-bond acceptors (Lipinski definition) is 2. The Morgan fingerprint density at radius 3 is 2.30 bits per heavy atom. The standard InChI is InChI=1S/C15H19FN2O.ClH/c1-18(14-8-12-6-7-13(9-14)17-12)15(19)10-2-4-11(16)5-3-10;/h2-5,12-14,17H,6-9H2,1H3;1H. The van der Waals surface area contributed by atoms with Crippen molar-refractivity contribution in [2.24, 2.45) is 0 Å². The summed E-state index contributed by atoms with van der Waals surface area (Å²) in [6.07, 6.45) is 4.50. The van der Waals surface area contributed by atoms with Crippen LogP contribution in [0.25, 0.3) is 0 Å². The minimum Gasteiger partial charge on any atom is -0.339 e. The van der Waals surface area contributed by atoms with E-state index in [0.717, 1.165) is 12.8 Å². The minimum atomic E-state index is -0.306. The molecule has 5 heteroatoms. The Bertz CT molecular complexity index is 467. The van der Waals surface area contributed by atoms with Crippen LogP contribution in [0.5, 0.6) is 0 Å². The lowest BCUT2D eigenvalue weighted by atomic mass is 9.98. The van der Waals surface area contributed by atoms with Gasteiger partial charge in [0.1, 0.15) is 5.82 Å². The number of carbonyl (C=O) groups excluding carboxylic acids is 1. The van der Waals surface area contributed by atoms with Gasteiger partial charge in [0.2, 0.25) is 0 Å². The van der Waals surface area contributed by atoms with Crippen LogP contribution in [0.4, 0.5) is 4.39 Å². The quantitative estimate of drug-likeness (QED) is 0.910. The number of hydrogen-bond donors (Lipinski definition) is 1. The lowest BCUT2D eigenvalue weighted by Gasteiger charge is -2.35. The zero-order chi connectivity index (χ0) is 13.4. The maximum Gasteiger partial charge on any atom is 0.253 e. The van der Waals surface area contributed by atoms with Gasteiger partial charge in [0, 0.05) is 30.7 Å². The average Bonchev–Trinajstić information content (AvgIpc) is 2.76. The van der Waals surface area contributed by atoms with E-state index in [9.17, 15) is 9.18 Å². The first-order chi connectivity index (χ1) is 9.13. The van der Waals surface area contributed by atoms with Gasteiger partial charge in [0.05, 0.1) is 0 Å². The third kappa shape index (κ3) is 2.96. The Morgan fingerprint density at radius 1 is 1.20 bits per heavy atom. The molecule has 2 bridgehead atoms. The van der Waals surface area contributed by atoms with Gasteiger partial charge in [-0.2, -0.15) is 0 Å². The van der Waals surface area contributed by atoms with E-state index in [4.69, 9.17) is 0 Å². The molecule has 3 rings (SSSR count). The summed E-state index contributed by atoms with van der Waals surface area (Å²) in [4.78, 5) is 14.2. The van der Waals surface area contributed by atoms with Gasteiger partial charge in [-0.05, 0) is 49.9 Å². The fourth-order valence-corrected chi connectivity index (χ4v) is 3.31. The molecule has 0 spiro atoms. The second kappa shape index (κ2) is 6.10. The van der Waals surface area contributed by atoms with E-state index in [1.54, 1.807) is 12.1 Å². The van der Waals surface area contributed by atoms with E-state index in [2.05, 4.69) is 5.32 Å². The predicted molar refractivity (Wildman–Crippen MR) is 78.7 cm³/mol. The molecule has 1 aromatic carbocycles. The van der Waals surface area contributed by atoms with Crippen molar-refractivity contribution in [2.75, 3.05) is 7.05 Å². The zero-order valence-corrected chi connectivity index (χ0v) is 12.3. The van der Waals surface area contributed by atoms with Crippen molar-refractivity contribution in [3.8, 4) is 0 Å². The maximum atomic E-state index is 12.9. The number of piperidine rings is 1. The van der Waals surface area contributed by atoms with Crippen molar-refractivity contribution in [2.45, 2.75) is 43.8 Å². The molecule has 0 aliphatic carbocycles. The fraction of sp³-hybridized carbons (Fsp3) is 0.533. The predicted octanol–water partition coefficient (Wildman–Crippen LogP) is 2.60. The summed E-state index contributed by atoms with van der Waals surface area (Å²) in [6, 6.07) is 7.23. The molecule has 2 fully saturated rings. The first-order valence-electron chi connectivity index (χ1n) is 6.92. The molecule has 2 unspecified atom stereocenters. The molecule has 1 N–H and O–H groups in total. The molecular weight excluding hydrogens is 279 g/mol. The summed E-state index contributed by atoms with van der Waals surface area (Å²) < 4.78 is 12.9. The first-order valence-corrected chi connectivity index (χ1v) is 6.92. The monoisotopic (exact) mass is 298 g/mol. The molecule has 20 heavy (non-hydrogen) atoms. The summed E-state index contributed by atoms with van der Waals surface area (Å²) in [5, 5.41) is 3.57. The first kappa shape index (κ1) is 15.3. The summed E-state index contributed by atoms with van der Waals surface area (Å²) >= 11 is 0. The van der Waals surface area contributed by atoms with Gasteiger partial charge >= 0.3 is 0 Å². The number of carbonyl (C=O) groups is 1. The third-order valence-corrected chi connectivity index (χ3v) is 4.41. The Kier molecular flexibility index (Phi) is 4.66. The van der Waals surface area contributed by atoms with Crippen LogP contribution in [0.15, 0.2) is 24.3 Å². The number of rotatable bonds is 2. The van der Waals surface area contributed by atoms with Gasteiger partial charge in [-0.3, -0.25) is 4.79 Å². The van der Waals surface area contributed by atoms with E-state index < -0.39 is 0 Å². The molecule has 2 aliphatic rings. The lowest BCUT2D eigenvalue weighted by molar-refractivity contribution is 0.0681. The van der Waals surface area contributed by atoms with Crippen molar-refractivity contribution in [1.82, 2.24) is 10.2 Å². The average molecular weight is 299 g/mol. The van der Waals surface area contributed by atoms with Gasteiger partial charge < -0.3 is 10.2 Å². The van der Waals surface area contributed by atoms with Crippen molar-refractivity contribution >= 4 is 18.3 Å². The van der Waals surface area contributed by atoms with E-state index in [0.29, 0.717) is 23.7 Å². The highest BCUT2D eigenvalue weighted by molar-refractivity contribution is 5.94. The van der Waals surface area contributed by atoms with Crippen LogP contribution in [0, 0.1) is 5.82 Å². The van der Waals surface area contributed by atoms with Crippen LogP contribution in [-0.2, 0) is 0 Å². The largest absolute Gasteiger partial charge is 0.339 e. The molecule has 2 heterocycles. The van der Waals surface area contributed by atoms with Crippen LogP contribution >= 0.6 is 12.4 Å². The molecule has 110 valence electrons. The highest BCUT2D eigenvalue weighted by atomic mass is 35.5. The number of fused-ring (bicyclic) bond motifs is 2. The van der Waals surface area contributed by atoms with Crippen LogP contribution < -0.4 is 5.32 Å². The molecular formula is C15H20ClFN2O. The molecule has 3 nitrogen and oxygen atoms in total. The fourth-order valence-electron chi connectivity index (χ4n) is 3.31. The Morgan fingerprint density at radius 2 is 1.75 bits per heavy atom. The van der Waals surface area contributed by atoms with Gasteiger partial charge in [-0.1, -0.05) is 0 Å². The van der Waals surface area contributed by atoms with Gasteiger partial charge in [0.15, 0.2) is 0 Å². The number of nitrogens with zero attached hydrogens (tertiary/aromatic N) is 1. The summed E-state index contributed by atoms with van der Waals surface area (Å²) in [5.41, 5.74) is 0.565. The SMILES string of the molecule is CN(C(=O)c1ccc(F)cc1)C1CC2CCC(C1)N2.Cl. The van der Waals surface area contributed by atoms with Crippen LogP contribution in [0.1, 0.15) is 36.0 Å². The molecule has 2 atom stereocenters. The summed E-state index contributed by atoms with van der Waals surface area (Å²) in [5.74, 6) is -0.314. The molecule has 2 aliphatic heterocycles. The van der Waals surface area contributed by atoms with Crippen molar-refractivity contribution < 1.29 is 9.18 Å². The Balaban J connectivity index is 0.00000147. The van der Waals surface area contributed by atoms with Gasteiger partial charge in [-0.25, -0.2) is 4.39 Å². The molecule has 2 saturated heterocycles. The molecule has 1 aromatic rings. The van der Waals surface area contributed by atoms with Crippen LogP contribution in [-0.4, -0.2) is 36.0 Å². The number of halogens is 2. The van der Waals surface area contributed by atoms with E-state index in [1.807, 2.05) is 11.9 Å². The summed E-state index contributed by atoms with van der Waals surface area (Å²) in [7, 11) is 1.86. The number of amides is 1. The second-order valence-electron chi connectivity index (χ2n) is 5.69. The highest BCUT2D eigenvalue weighted by Crippen LogP contribution is 2.29. The van der Waals surface area contributed by atoms with E-state index in [1.165, 1.54) is 25.0 Å². The maximum absolute atomic E-state index is 12.9. The van der Waals surface area contributed by atoms with Gasteiger partial charge in [0.25, 0.3) is 5.91 Å². The third-order valence-electron chi connectivity index (χ3n) is 4.41. The Hall–Kier alpha value is -1.13. The van der Waals surface area contributed by atoms with Gasteiger partial charge in [-0.15, -0.1) is 12.4 Å². The van der Waals surface area contributed by atoms with Crippen LogP contribution in [0.3, 0.4) is 0 Å². The van der Waals surface area contributed by atoms with Crippen molar-refractivity contribution in [1.29, 1.82) is 0 Å². The molecule has 0 radical (unpaired) electrons. The van der Waals surface area contributed by atoms with E-state index in [-0.39, 0.29) is 24.1 Å². The highest BCUT2D eigenvalue weighted by Gasteiger charge is 2.36. The minimum absolute atomic E-state index is 0. The number of benzene rings is 1. The van der Waals surface area contributed by atoms with E-state index >= 15 is 0 Å². The molecule has 1 amide bonds. The summed E-state index contributed by atoms with van der Waals surface area (Å²) in [6.45, 7) is 0. The van der Waals surface area contributed by atoms with Crippen LogP contribution in [0.2, 0.25) is 0 Å². The smallest absolute Gasteiger partial charge is 0.253 e. The topological polar surface area (TPSA) is 32.3 Å². The molecule has 0 saturated carbocycles. The normalized spacial score (nSPS) is 27.8. The second-order valence-corrected chi connectivity index (χ2v) is 5.69. The Labute approximate surface area is 124 Å². The zero-order valence-electron chi connectivity index (χ0n) is 11.5.